The van der Waals surface area contributed by atoms with Gasteiger partial charge in [-0.3, -0.25) is 9.59 Å². The van der Waals surface area contributed by atoms with E-state index in [2.05, 4.69) is 13.8 Å². The van der Waals surface area contributed by atoms with Gasteiger partial charge in [0.2, 0.25) is 0 Å². The molecule has 0 atom stereocenters. The van der Waals surface area contributed by atoms with Gasteiger partial charge in [0.25, 0.3) is 0 Å². The van der Waals surface area contributed by atoms with Crippen LogP contribution in [0.25, 0.3) is 11.0 Å². The van der Waals surface area contributed by atoms with Gasteiger partial charge in [-0.2, -0.15) is 0 Å². The van der Waals surface area contributed by atoms with E-state index in [-0.39, 0.29) is 12.2 Å². The van der Waals surface area contributed by atoms with E-state index >= 15 is 0 Å². The predicted octanol–water partition coefficient (Wildman–Crippen LogP) is 5.72. The van der Waals surface area contributed by atoms with Crippen LogP contribution >= 0.6 is 0 Å². The highest BCUT2D eigenvalue weighted by Crippen LogP contribution is 2.46. The molecule has 0 radical (unpaired) electrons. The molecule has 5 nitrogen and oxygen atoms in total. The molecule has 0 saturated heterocycles. The van der Waals surface area contributed by atoms with Crippen molar-refractivity contribution < 1.29 is 23.8 Å². The number of hydrogen-bond donors (Lipinski definition) is 1. The Morgan fingerprint density at radius 1 is 1.07 bits per heavy atom. The van der Waals surface area contributed by atoms with Gasteiger partial charge in [-0.05, 0) is 56.5 Å². The molecule has 0 spiro atoms. The molecule has 30 heavy (non-hydrogen) atoms. The van der Waals surface area contributed by atoms with E-state index in [1.807, 2.05) is 42.5 Å². The average molecular weight is 406 g/mol. The van der Waals surface area contributed by atoms with E-state index < -0.39 is 11.4 Å². The number of ether oxygens (including phenoxy) is 1. The van der Waals surface area contributed by atoms with Gasteiger partial charge in [-0.25, -0.2) is 0 Å². The van der Waals surface area contributed by atoms with E-state index in [9.17, 15) is 9.59 Å². The second kappa shape index (κ2) is 7.98. The number of carboxylic acid groups (broad SMARTS) is 1. The van der Waals surface area contributed by atoms with Crippen LogP contribution in [0.3, 0.4) is 0 Å². The van der Waals surface area contributed by atoms with Crippen molar-refractivity contribution in [3.63, 3.8) is 0 Å². The maximum atomic E-state index is 13.2. The fourth-order valence-corrected chi connectivity index (χ4v) is 4.22. The normalized spacial score (nSPS) is 14.4. The van der Waals surface area contributed by atoms with Crippen LogP contribution in [-0.2, 0) is 10.2 Å². The quantitative estimate of drug-likeness (QED) is 0.484. The third-order valence-corrected chi connectivity index (χ3v) is 5.85. The van der Waals surface area contributed by atoms with Gasteiger partial charge < -0.3 is 14.3 Å². The van der Waals surface area contributed by atoms with E-state index in [1.165, 1.54) is 0 Å². The lowest BCUT2D eigenvalue weighted by molar-refractivity contribution is -0.137. The molecule has 1 aromatic heterocycles. The third kappa shape index (κ3) is 3.60. The molecule has 0 saturated carbocycles. The molecule has 4 rings (SSSR count). The van der Waals surface area contributed by atoms with Crippen LogP contribution in [0.4, 0.5) is 0 Å². The zero-order valence-electron chi connectivity index (χ0n) is 17.4. The van der Waals surface area contributed by atoms with Crippen molar-refractivity contribution in [2.24, 2.45) is 0 Å². The van der Waals surface area contributed by atoms with Crippen molar-refractivity contribution in [3.8, 4) is 5.75 Å². The molecule has 1 aliphatic rings. The number of furan rings is 1. The van der Waals surface area contributed by atoms with E-state index in [1.54, 1.807) is 0 Å². The lowest BCUT2D eigenvalue weighted by Gasteiger charge is -2.30. The molecule has 0 unspecified atom stereocenters. The summed E-state index contributed by atoms with van der Waals surface area (Å²) in [6.45, 7) is 4.72. The van der Waals surface area contributed by atoms with Crippen molar-refractivity contribution in [3.05, 3.63) is 64.9 Å². The molecular formula is C25H26O5. The van der Waals surface area contributed by atoms with Crippen LogP contribution in [-0.4, -0.2) is 23.5 Å². The average Bonchev–Trinajstić information content (AvgIpc) is 3.12. The van der Waals surface area contributed by atoms with E-state index in [4.69, 9.17) is 14.3 Å². The number of carboxylic acids is 1. The Morgan fingerprint density at radius 3 is 2.63 bits per heavy atom. The largest absolute Gasteiger partial charge is 0.494 e. The van der Waals surface area contributed by atoms with E-state index in [0.29, 0.717) is 29.9 Å². The van der Waals surface area contributed by atoms with Gasteiger partial charge in [-0.1, -0.05) is 31.0 Å². The summed E-state index contributed by atoms with van der Waals surface area (Å²) in [5, 5.41) is 9.53. The summed E-state index contributed by atoms with van der Waals surface area (Å²) in [5.41, 5.74) is 2.56. The van der Waals surface area contributed by atoms with Crippen molar-refractivity contribution in [1.82, 2.24) is 0 Å². The fourth-order valence-electron chi connectivity index (χ4n) is 4.22. The lowest BCUT2D eigenvalue weighted by atomic mass is 9.72. The minimum atomic E-state index is -0.745. The van der Waals surface area contributed by atoms with Gasteiger partial charge in [0.05, 0.1) is 12.2 Å². The van der Waals surface area contributed by atoms with Crippen LogP contribution in [0.15, 0.2) is 46.9 Å². The smallest absolute Gasteiger partial charge is 0.303 e. The number of carbonyl (C=O) groups excluding carboxylic acids is 1. The van der Waals surface area contributed by atoms with Gasteiger partial charge in [0.1, 0.15) is 17.1 Å². The molecule has 0 bridgehead atoms. The first kappa shape index (κ1) is 20.2. The predicted molar refractivity (Wildman–Crippen MR) is 114 cm³/mol. The van der Waals surface area contributed by atoms with Gasteiger partial charge in [0.15, 0.2) is 5.78 Å². The van der Waals surface area contributed by atoms with Crippen molar-refractivity contribution in [1.29, 1.82) is 0 Å². The summed E-state index contributed by atoms with van der Waals surface area (Å²) in [6.07, 6.45) is 3.61. The molecule has 1 heterocycles. The van der Waals surface area contributed by atoms with Crippen LogP contribution in [0.1, 0.15) is 73.2 Å². The first-order valence-electron chi connectivity index (χ1n) is 10.5. The van der Waals surface area contributed by atoms with Crippen LogP contribution in [0.5, 0.6) is 5.75 Å². The Bertz CT molecular complexity index is 1110. The first-order chi connectivity index (χ1) is 14.4. The number of para-hydroxylation sites is 1. The van der Waals surface area contributed by atoms with Crippen LogP contribution < -0.4 is 4.74 Å². The summed E-state index contributed by atoms with van der Waals surface area (Å²) in [4.78, 5) is 23.8. The Balaban J connectivity index is 1.50. The number of fused-ring (bicyclic) bond motifs is 4. The Kier molecular flexibility index (Phi) is 5.37. The number of carbonyl (C=O) groups is 2. The standard InChI is InChI=1S/C25H26O5/c1-25(2)19-15-16(29-14-8-4-3-5-11-21(26)27)12-13-17(19)23(28)22-18-9-6-7-10-20(18)30-24(22)25/h6-7,9-10,12-13,15H,3-5,8,11,14H2,1-2H3,(H,26,27). The molecule has 0 aliphatic heterocycles. The fraction of sp³-hybridized carbons (Fsp3) is 0.360. The van der Waals surface area contributed by atoms with Crippen molar-refractivity contribution in [2.75, 3.05) is 6.61 Å². The number of unbranched alkanes of at least 4 members (excludes halogenated alkanes) is 3. The third-order valence-electron chi connectivity index (χ3n) is 5.85. The van der Waals surface area contributed by atoms with Crippen LogP contribution in [0, 0.1) is 0 Å². The molecule has 0 fully saturated rings. The summed E-state index contributed by atoms with van der Waals surface area (Å²) < 4.78 is 12.0. The van der Waals surface area contributed by atoms with Crippen molar-refractivity contribution >= 4 is 22.7 Å². The number of ketones is 1. The molecule has 5 heteroatoms. The number of benzene rings is 2. The zero-order valence-corrected chi connectivity index (χ0v) is 17.4. The topological polar surface area (TPSA) is 76.7 Å². The molecule has 0 amide bonds. The summed E-state index contributed by atoms with van der Waals surface area (Å²) in [7, 11) is 0. The maximum Gasteiger partial charge on any atom is 0.303 e. The number of rotatable bonds is 8. The van der Waals surface area contributed by atoms with Gasteiger partial charge in [-0.15, -0.1) is 0 Å². The highest BCUT2D eigenvalue weighted by Gasteiger charge is 2.41. The molecule has 2 aromatic carbocycles. The van der Waals surface area contributed by atoms with Gasteiger partial charge >= 0.3 is 5.97 Å². The summed E-state index contributed by atoms with van der Waals surface area (Å²) >= 11 is 0. The van der Waals surface area contributed by atoms with E-state index in [0.717, 1.165) is 41.5 Å². The second-order valence-corrected chi connectivity index (χ2v) is 8.37. The Hall–Kier alpha value is -3.08. The summed E-state index contributed by atoms with van der Waals surface area (Å²) in [5.74, 6) is 0.691. The van der Waals surface area contributed by atoms with Gasteiger partial charge in [0, 0.05) is 22.8 Å². The Morgan fingerprint density at radius 2 is 1.83 bits per heavy atom. The number of aliphatic carboxylic acids is 1. The molecule has 3 aromatic rings. The minimum absolute atomic E-state index is 0.00532. The monoisotopic (exact) mass is 406 g/mol. The SMILES string of the molecule is CC1(C)c2cc(OCCCCCCC(=O)O)ccc2C(=O)c2c1oc1ccccc21. The molecule has 1 aliphatic carbocycles. The second-order valence-electron chi connectivity index (χ2n) is 8.37. The zero-order chi connectivity index (χ0) is 21.3. The maximum absolute atomic E-state index is 13.2. The number of hydrogen-bond acceptors (Lipinski definition) is 4. The lowest BCUT2D eigenvalue weighted by Crippen LogP contribution is -2.29. The Labute approximate surface area is 175 Å². The summed E-state index contributed by atoms with van der Waals surface area (Å²) in [6, 6.07) is 13.3. The highest BCUT2D eigenvalue weighted by molar-refractivity contribution is 6.19. The first-order valence-corrected chi connectivity index (χ1v) is 10.5. The molecule has 1 N–H and O–H groups in total. The molecule has 156 valence electrons. The van der Waals surface area contributed by atoms with Crippen molar-refractivity contribution in [2.45, 2.75) is 51.4 Å². The highest BCUT2D eigenvalue weighted by atomic mass is 16.5. The van der Waals surface area contributed by atoms with Crippen LogP contribution in [0.2, 0.25) is 0 Å². The minimum Gasteiger partial charge on any atom is -0.494 e. The molecular weight excluding hydrogens is 380 g/mol.